The standard InChI is InChI=1S/C6H13N4O/c11-10(4-2-8-6-10)9-3-1-7-5-9/h6-7,11H,1-5H2/q+1. The van der Waals surface area contributed by atoms with Gasteiger partial charge in [0.1, 0.15) is 6.67 Å². The third kappa shape index (κ3) is 1.16. The van der Waals surface area contributed by atoms with Gasteiger partial charge in [-0.25, -0.2) is 4.99 Å². The second-order valence-electron chi connectivity index (χ2n) is 2.92. The molecule has 5 heteroatoms. The van der Waals surface area contributed by atoms with Crippen LogP contribution >= 0.6 is 0 Å². The second-order valence-corrected chi connectivity index (χ2v) is 2.92. The van der Waals surface area contributed by atoms with Gasteiger partial charge in [-0.1, -0.05) is 4.76 Å². The van der Waals surface area contributed by atoms with Crippen molar-refractivity contribution in [2.75, 3.05) is 32.8 Å². The molecule has 0 amide bonds. The van der Waals surface area contributed by atoms with E-state index < -0.39 is 0 Å². The fraction of sp³-hybridized carbons (Fsp3) is 0.833. The molecule has 0 aromatic heterocycles. The zero-order valence-corrected chi connectivity index (χ0v) is 6.40. The van der Waals surface area contributed by atoms with E-state index in [1.807, 2.05) is 5.01 Å². The Balaban J connectivity index is 2.06. The number of quaternary nitrogens is 1. The molecule has 1 atom stereocenters. The molecule has 0 spiro atoms. The highest BCUT2D eigenvalue weighted by atomic mass is 16.6. The highest BCUT2D eigenvalue weighted by Crippen LogP contribution is 2.11. The Morgan fingerprint density at radius 2 is 2.55 bits per heavy atom. The number of aliphatic imine (C=N–C) groups is 1. The number of nitrogens with one attached hydrogen (secondary N) is 1. The molecule has 0 radical (unpaired) electrons. The van der Waals surface area contributed by atoms with E-state index in [9.17, 15) is 5.21 Å². The van der Waals surface area contributed by atoms with Crippen molar-refractivity contribution in [3.8, 4) is 0 Å². The lowest BCUT2D eigenvalue weighted by molar-refractivity contribution is -1.11. The summed E-state index contributed by atoms with van der Waals surface area (Å²) < 4.78 is -0.104. The lowest BCUT2D eigenvalue weighted by atomic mass is 10.6. The van der Waals surface area contributed by atoms with Crippen molar-refractivity contribution in [1.29, 1.82) is 0 Å². The Bertz CT molecular complexity index is 177. The average Bonchev–Trinajstić information content (AvgIpc) is 2.55. The van der Waals surface area contributed by atoms with Gasteiger partial charge in [0.15, 0.2) is 6.54 Å². The molecule has 2 aliphatic rings. The summed E-state index contributed by atoms with van der Waals surface area (Å²) in [5.41, 5.74) is 0. The van der Waals surface area contributed by atoms with Crippen LogP contribution in [0.25, 0.3) is 0 Å². The van der Waals surface area contributed by atoms with Crippen LogP contribution in [0, 0.1) is 0 Å². The van der Waals surface area contributed by atoms with Gasteiger partial charge < -0.3 is 0 Å². The predicted molar refractivity (Wildman–Crippen MR) is 39.8 cm³/mol. The van der Waals surface area contributed by atoms with Crippen molar-refractivity contribution in [3.05, 3.63) is 0 Å². The first kappa shape index (κ1) is 7.17. The maximum absolute atomic E-state index is 9.87. The molecule has 0 saturated carbocycles. The molecular formula is C6H13N4O+. The van der Waals surface area contributed by atoms with Crippen LogP contribution in [0.5, 0.6) is 0 Å². The molecule has 1 unspecified atom stereocenters. The zero-order valence-electron chi connectivity index (χ0n) is 6.40. The van der Waals surface area contributed by atoms with Gasteiger partial charge in [0, 0.05) is 6.54 Å². The third-order valence-electron chi connectivity index (χ3n) is 2.16. The molecule has 0 aromatic rings. The van der Waals surface area contributed by atoms with Gasteiger partial charge in [0.05, 0.1) is 13.1 Å². The van der Waals surface area contributed by atoms with Gasteiger partial charge in [0.2, 0.25) is 6.34 Å². The lowest BCUT2D eigenvalue weighted by Gasteiger charge is -2.28. The average molecular weight is 157 g/mol. The van der Waals surface area contributed by atoms with Gasteiger partial charge in [-0.15, -0.1) is 5.01 Å². The Morgan fingerprint density at radius 3 is 3.09 bits per heavy atom. The van der Waals surface area contributed by atoms with Gasteiger partial charge >= 0.3 is 0 Å². The number of hydroxylamine groups is 2. The van der Waals surface area contributed by atoms with Crippen LogP contribution in [0.3, 0.4) is 0 Å². The van der Waals surface area contributed by atoms with E-state index in [2.05, 4.69) is 10.3 Å². The molecule has 2 heterocycles. The molecule has 0 aromatic carbocycles. The number of hydrogen-bond donors (Lipinski definition) is 2. The van der Waals surface area contributed by atoms with Crippen molar-refractivity contribution in [1.82, 2.24) is 10.3 Å². The van der Waals surface area contributed by atoms with Crippen molar-refractivity contribution in [2.45, 2.75) is 0 Å². The first-order valence-electron chi connectivity index (χ1n) is 3.89. The molecule has 0 aliphatic carbocycles. The minimum absolute atomic E-state index is 0.104. The fourth-order valence-electron chi connectivity index (χ4n) is 1.46. The zero-order chi connectivity index (χ0) is 7.73. The fourth-order valence-corrected chi connectivity index (χ4v) is 1.46. The molecule has 62 valence electrons. The minimum Gasteiger partial charge on any atom is -0.298 e. The highest BCUT2D eigenvalue weighted by molar-refractivity contribution is 5.46. The van der Waals surface area contributed by atoms with Crippen molar-refractivity contribution in [2.24, 2.45) is 4.99 Å². The van der Waals surface area contributed by atoms with Gasteiger partial charge in [0.25, 0.3) is 0 Å². The second kappa shape index (κ2) is 2.53. The van der Waals surface area contributed by atoms with Crippen molar-refractivity contribution >= 4 is 6.34 Å². The molecule has 1 saturated heterocycles. The van der Waals surface area contributed by atoms with Gasteiger partial charge in [-0.05, 0) is 0 Å². The maximum Gasteiger partial charge on any atom is 0.238 e. The molecular weight excluding hydrogens is 144 g/mol. The van der Waals surface area contributed by atoms with Crippen LogP contribution in [0.15, 0.2) is 4.99 Å². The van der Waals surface area contributed by atoms with E-state index in [1.165, 1.54) is 0 Å². The highest BCUT2D eigenvalue weighted by Gasteiger charge is 2.37. The van der Waals surface area contributed by atoms with E-state index in [1.54, 1.807) is 6.34 Å². The van der Waals surface area contributed by atoms with Crippen LogP contribution < -0.4 is 5.32 Å². The molecule has 1 fully saturated rings. The molecule has 5 nitrogen and oxygen atoms in total. The summed E-state index contributed by atoms with van der Waals surface area (Å²) in [7, 11) is 0. The summed E-state index contributed by atoms with van der Waals surface area (Å²) in [6.45, 7) is 4.01. The predicted octanol–water partition coefficient (Wildman–Crippen LogP) is -0.988. The van der Waals surface area contributed by atoms with E-state index >= 15 is 0 Å². The Morgan fingerprint density at radius 1 is 1.64 bits per heavy atom. The van der Waals surface area contributed by atoms with E-state index in [4.69, 9.17) is 0 Å². The Hall–Kier alpha value is -0.490. The van der Waals surface area contributed by atoms with Gasteiger partial charge in [-0.3, -0.25) is 5.32 Å². The van der Waals surface area contributed by atoms with E-state index in [-0.39, 0.29) is 4.76 Å². The summed E-state index contributed by atoms with van der Waals surface area (Å²) in [5, 5.41) is 15.0. The van der Waals surface area contributed by atoms with Crippen LogP contribution in [-0.4, -0.2) is 54.2 Å². The molecule has 11 heavy (non-hydrogen) atoms. The van der Waals surface area contributed by atoms with Gasteiger partial charge in [-0.2, -0.15) is 5.21 Å². The summed E-state index contributed by atoms with van der Waals surface area (Å²) in [4.78, 5) is 4.01. The monoisotopic (exact) mass is 157 g/mol. The molecule has 2 N–H and O–H groups in total. The normalized spacial score (nSPS) is 38.6. The minimum atomic E-state index is -0.104. The van der Waals surface area contributed by atoms with Crippen LogP contribution in [0.4, 0.5) is 0 Å². The Labute approximate surface area is 65.4 Å². The quantitative estimate of drug-likeness (QED) is 0.481. The molecule has 0 bridgehead atoms. The summed E-state index contributed by atoms with van der Waals surface area (Å²) in [6, 6.07) is 0. The first-order valence-corrected chi connectivity index (χ1v) is 3.89. The maximum atomic E-state index is 9.87. The SMILES string of the molecule is O[N+]1(N2CCNC2)C=NCC1. The summed E-state index contributed by atoms with van der Waals surface area (Å²) in [5.74, 6) is 0. The number of hydrogen-bond acceptors (Lipinski definition) is 4. The summed E-state index contributed by atoms with van der Waals surface area (Å²) >= 11 is 0. The molecule has 2 aliphatic heterocycles. The molecule has 2 rings (SSSR count). The lowest BCUT2D eigenvalue weighted by Crippen LogP contribution is -2.55. The number of nitrogens with zero attached hydrogens (tertiary/aromatic N) is 3. The largest absolute Gasteiger partial charge is 0.298 e. The van der Waals surface area contributed by atoms with Crippen LogP contribution in [0.2, 0.25) is 0 Å². The van der Waals surface area contributed by atoms with E-state index in [0.29, 0.717) is 6.54 Å². The third-order valence-corrected chi connectivity index (χ3v) is 2.16. The van der Waals surface area contributed by atoms with E-state index in [0.717, 1.165) is 26.3 Å². The Kier molecular flexibility index (Phi) is 1.65. The summed E-state index contributed by atoms with van der Waals surface area (Å²) in [6.07, 6.45) is 1.60. The number of rotatable bonds is 1. The van der Waals surface area contributed by atoms with Crippen molar-refractivity contribution in [3.63, 3.8) is 0 Å². The first-order chi connectivity index (χ1) is 5.31. The van der Waals surface area contributed by atoms with Crippen molar-refractivity contribution < 1.29 is 9.96 Å². The topological polar surface area (TPSA) is 47.9 Å². The van der Waals surface area contributed by atoms with Crippen LogP contribution in [-0.2, 0) is 0 Å². The van der Waals surface area contributed by atoms with Crippen LogP contribution in [0.1, 0.15) is 0 Å². The smallest absolute Gasteiger partial charge is 0.238 e.